The third-order valence-electron chi connectivity index (χ3n) is 9.57. The van der Waals surface area contributed by atoms with Crippen molar-refractivity contribution in [1.29, 1.82) is 0 Å². The van der Waals surface area contributed by atoms with Crippen molar-refractivity contribution in [1.82, 2.24) is 15.0 Å². The highest BCUT2D eigenvalue weighted by Crippen LogP contribution is 2.39. The van der Waals surface area contributed by atoms with Crippen molar-refractivity contribution in [2.24, 2.45) is 0 Å². The molecule has 0 spiro atoms. The lowest BCUT2D eigenvalue weighted by Crippen LogP contribution is -1.89. The Labute approximate surface area is 329 Å². The molecule has 6 heteroatoms. The Hall–Kier alpha value is -5.06. The molecule has 2 aliphatic heterocycles. The fourth-order valence-corrected chi connectivity index (χ4v) is 7.68. The van der Waals surface area contributed by atoms with Crippen LogP contribution in [0.15, 0.2) is 126 Å². The summed E-state index contributed by atoms with van der Waals surface area (Å²) in [5, 5.41) is 0. The van der Waals surface area contributed by atoms with Crippen LogP contribution in [-0.2, 0) is 0 Å². The lowest BCUT2D eigenvalue weighted by Gasteiger charge is -2.07. The van der Waals surface area contributed by atoms with Gasteiger partial charge in [-0.25, -0.2) is 9.97 Å². The highest BCUT2D eigenvalue weighted by Gasteiger charge is 2.19. The number of fused-ring (bicyclic) bond motifs is 8. The van der Waals surface area contributed by atoms with Gasteiger partial charge in [-0.15, -0.1) is 0 Å². The van der Waals surface area contributed by atoms with E-state index in [4.69, 9.17) is 14.4 Å². The molecular formula is C46H31I2N3O. The predicted molar refractivity (Wildman–Crippen MR) is 233 cm³/mol. The van der Waals surface area contributed by atoms with E-state index in [-0.39, 0.29) is 0 Å². The van der Waals surface area contributed by atoms with Gasteiger partial charge in [-0.1, -0.05) is 83.9 Å². The number of aromatic amines is 1. The molecule has 5 heterocycles. The highest BCUT2D eigenvalue weighted by molar-refractivity contribution is 14.1. The Kier molecular flexibility index (Phi) is 8.51. The zero-order chi connectivity index (χ0) is 35.3. The SMILES string of the molecule is Cc1ccc(-c2c3nc(c(-c4ccc(I)cc4)c4ccc(o4)c(-c4ccc(C)cc4)c4nc(c(-c5ccc(I)cc5)c5ccc2[nH]5)C=C4)C=C3)cc1. The number of aromatic nitrogens is 3. The number of nitrogens with one attached hydrogen (secondary N) is 1. The topological polar surface area (TPSA) is 54.7 Å². The quantitative estimate of drug-likeness (QED) is 0.179. The second-order valence-electron chi connectivity index (χ2n) is 13.1. The third kappa shape index (κ3) is 6.13. The first-order valence-corrected chi connectivity index (χ1v) is 19.3. The molecule has 0 atom stereocenters. The summed E-state index contributed by atoms with van der Waals surface area (Å²) < 4.78 is 9.25. The number of rotatable bonds is 4. The van der Waals surface area contributed by atoms with E-state index in [1.54, 1.807) is 0 Å². The Bertz CT molecular complexity index is 2360. The van der Waals surface area contributed by atoms with Crippen LogP contribution in [0.2, 0.25) is 0 Å². The first-order chi connectivity index (χ1) is 25.4. The average Bonchev–Trinajstić information content (AvgIpc) is 3.99. The fourth-order valence-electron chi connectivity index (χ4n) is 6.96. The monoisotopic (exact) mass is 895 g/mol. The zero-order valence-electron chi connectivity index (χ0n) is 28.4. The van der Waals surface area contributed by atoms with E-state index in [1.807, 2.05) is 0 Å². The lowest BCUT2D eigenvalue weighted by molar-refractivity contribution is 0.667. The van der Waals surface area contributed by atoms with Gasteiger partial charge in [0.1, 0.15) is 11.2 Å². The van der Waals surface area contributed by atoms with Gasteiger partial charge in [-0.05, 0) is 154 Å². The molecule has 3 aromatic heterocycles. The van der Waals surface area contributed by atoms with Crippen molar-refractivity contribution < 1.29 is 4.42 Å². The molecule has 9 rings (SSSR count). The van der Waals surface area contributed by atoms with Crippen LogP contribution in [0.5, 0.6) is 0 Å². The maximum Gasteiger partial charge on any atom is 0.137 e. The summed E-state index contributed by atoms with van der Waals surface area (Å²) in [6.07, 6.45) is 8.47. The Morgan fingerprint density at radius 1 is 0.404 bits per heavy atom. The van der Waals surface area contributed by atoms with Crippen LogP contribution < -0.4 is 0 Å². The first-order valence-electron chi connectivity index (χ1n) is 17.1. The number of halogens is 2. The van der Waals surface area contributed by atoms with Crippen LogP contribution >= 0.6 is 45.2 Å². The van der Waals surface area contributed by atoms with Gasteiger partial charge >= 0.3 is 0 Å². The molecule has 8 bridgehead atoms. The van der Waals surface area contributed by atoms with E-state index in [9.17, 15) is 0 Å². The molecule has 2 aliphatic rings. The molecular weight excluding hydrogens is 864 g/mol. The summed E-state index contributed by atoms with van der Waals surface area (Å²) in [5.41, 5.74) is 17.5. The van der Waals surface area contributed by atoms with Gasteiger partial charge in [0, 0.05) is 29.3 Å². The van der Waals surface area contributed by atoms with E-state index in [0.29, 0.717) is 0 Å². The molecule has 1 N–H and O–H groups in total. The number of nitrogens with zero attached hydrogens (tertiary/aromatic N) is 2. The van der Waals surface area contributed by atoms with Crippen molar-refractivity contribution >= 4 is 91.7 Å². The second kappa shape index (κ2) is 13.5. The molecule has 250 valence electrons. The Morgan fingerprint density at radius 3 is 1.12 bits per heavy atom. The summed E-state index contributed by atoms with van der Waals surface area (Å²) in [4.78, 5) is 14.6. The number of aryl methyl sites for hydroxylation is 2. The Balaban J connectivity index is 1.47. The minimum atomic E-state index is 0.745. The standard InChI is InChI=1S/C46H31I2N3O/c1-27-3-7-29(8-4-27)43-35-19-20-36(49-35)44(30-11-15-33(47)16-12-30)38-22-23-39(51-38)45(31-9-5-28(2)6-10-31)41-25-26-42(52-41)46(40-24-21-37(43)50-40)32-13-17-34(48)18-14-32/h3-26,49H,1-2H3. The van der Waals surface area contributed by atoms with Gasteiger partial charge in [0.15, 0.2) is 0 Å². The van der Waals surface area contributed by atoms with Crippen molar-refractivity contribution in [2.45, 2.75) is 13.8 Å². The number of benzene rings is 4. The van der Waals surface area contributed by atoms with Crippen LogP contribution in [0.1, 0.15) is 33.9 Å². The smallest absolute Gasteiger partial charge is 0.137 e. The van der Waals surface area contributed by atoms with Gasteiger partial charge in [0.25, 0.3) is 0 Å². The van der Waals surface area contributed by atoms with Crippen LogP contribution in [0, 0.1) is 21.0 Å². The molecule has 4 aromatic carbocycles. The number of furan rings is 1. The maximum absolute atomic E-state index is 6.91. The van der Waals surface area contributed by atoms with Gasteiger partial charge in [0.05, 0.1) is 33.9 Å². The molecule has 0 aliphatic carbocycles. The van der Waals surface area contributed by atoms with Gasteiger partial charge in [-0.2, -0.15) is 0 Å². The van der Waals surface area contributed by atoms with E-state index in [2.05, 4.69) is 210 Å². The summed E-state index contributed by atoms with van der Waals surface area (Å²) in [7, 11) is 0. The van der Waals surface area contributed by atoms with E-state index < -0.39 is 0 Å². The normalized spacial score (nSPS) is 12.1. The van der Waals surface area contributed by atoms with E-state index in [1.165, 1.54) is 18.3 Å². The molecule has 0 radical (unpaired) electrons. The van der Waals surface area contributed by atoms with Crippen LogP contribution in [0.3, 0.4) is 0 Å². The highest BCUT2D eigenvalue weighted by atomic mass is 127. The van der Waals surface area contributed by atoms with Crippen molar-refractivity contribution in [2.75, 3.05) is 0 Å². The summed E-state index contributed by atoms with van der Waals surface area (Å²) >= 11 is 4.71. The van der Waals surface area contributed by atoms with Crippen LogP contribution in [-0.4, -0.2) is 15.0 Å². The second-order valence-corrected chi connectivity index (χ2v) is 15.6. The predicted octanol–water partition coefficient (Wildman–Crippen LogP) is 13.4. The minimum absolute atomic E-state index is 0.745. The van der Waals surface area contributed by atoms with Gasteiger partial charge < -0.3 is 9.40 Å². The lowest BCUT2D eigenvalue weighted by atomic mass is 10.0. The van der Waals surface area contributed by atoms with Gasteiger partial charge in [-0.3, -0.25) is 0 Å². The fraction of sp³-hybridized carbons (Fsp3) is 0.0435. The van der Waals surface area contributed by atoms with Crippen molar-refractivity contribution in [3.8, 4) is 44.5 Å². The van der Waals surface area contributed by atoms with Gasteiger partial charge in [0.2, 0.25) is 0 Å². The molecule has 52 heavy (non-hydrogen) atoms. The molecule has 4 nitrogen and oxygen atoms in total. The van der Waals surface area contributed by atoms with Crippen molar-refractivity contribution in [3.05, 3.63) is 162 Å². The average molecular weight is 896 g/mol. The van der Waals surface area contributed by atoms with Crippen LogP contribution in [0.25, 0.3) is 91.0 Å². The van der Waals surface area contributed by atoms with E-state index in [0.717, 1.165) is 89.5 Å². The molecule has 0 unspecified atom stereocenters. The number of H-pyrrole nitrogens is 1. The largest absolute Gasteiger partial charge is 0.456 e. The number of hydrogen-bond donors (Lipinski definition) is 1. The van der Waals surface area contributed by atoms with Crippen LogP contribution in [0.4, 0.5) is 0 Å². The number of hydrogen-bond acceptors (Lipinski definition) is 3. The Morgan fingerprint density at radius 2 is 0.731 bits per heavy atom. The summed E-state index contributed by atoms with van der Waals surface area (Å²) in [6, 6.07) is 42.9. The summed E-state index contributed by atoms with van der Waals surface area (Å²) in [6.45, 7) is 4.22. The molecule has 0 saturated carbocycles. The van der Waals surface area contributed by atoms with Crippen molar-refractivity contribution in [3.63, 3.8) is 0 Å². The third-order valence-corrected chi connectivity index (χ3v) is 11.0. The van der Waals surface area contributed by atoms with E-state index >= 15 is 0 Å². The molecule has 0 saturated heterocycles. The molecule has 0 amide bonds. The maximum atomic E-state index is 6.91. The first kappa shape index (κ1) is 32.8. The summed E-state index contributed by atoms with van der Waals surface area (Å²) in [5.74, 6) is 0. The zero-order valence-corrected chi connectivity index (χ0v) is 32.7. The molecule has 0 fully saturated rings. The minimum Gasteiger partial charge on any atom is -0.456 e. The molecule has 7 aromatic rings.